The van der Waals surface area contributed by atoms with Crippen LogP contribution in [0.5, 0.6) is 0 Å². The molecule has 84 valence electrons. The summed E-state index contributed by atoms with van der Waals surface area (Å²) < 4.78 is 5.10. The number of likely N-dealkylation sites (N-methyl/N-ethyl adjacent to an activating group) is 1. The Kier molecular flexibility index (Phi) is 5.97. The molecule has 0 saturated heterocycles. The number of hydrogen-bond donors (Lipinski definition) is 1. The van der Waals surface area contributed by atoms with Gasteiger partial charge in [-0.15, -0.1) is 0 Å². The minimum atomic E-state index is 0.485. The van der Waals surface area contributed by atoms with Crippen molar-refractivity contribution in [3.05, 3.63) is 30.1 Å². The van der Waals surface area contributed by atoms with E-state index in [0.29, 0.717) is 6.04 Å². The van der Waals surface area contributed by atoms with Crippen LogP contribution in [0, 0.1) is 0 Å². The Balaban J connectivity index is 2.43. The maximum absolute atomic E-state index is 5.10. The summed E-state index contributed by atoms with van der Waals surface area (Å²) >= 11 is 0. The minimum Gasteiger partial charge on any atom is -0.385 e. The summed E-state index contributed by atoms with van der Waals surface area (Å²) in [6.07, 6.45) is 5.79. The molecule has 0 aliphatic carbocycles. The molecule has 1 aromatic rings. The van der Waals surface area contributed by atoms with E-state index in [4.69, 9.17) is 4.74 Å². The lowest BCUT2D eigenvalue weighted by Crippen LogP contribution is -2.32. The number of pyridine rings is 1. The lowest BCUT2D eigenvalue weighted by Gasteiger charge is -2.17. The highest BCUT2D eigenvalue weighted by Gasteiger charge is 2.07. The highest BCUT2D eigenvalue weighted by molar-refractivity contribution is 5.10. The van der Waals surface area contributed by atoms with Gasteiger partial charge in [0.05, 0.1) is 0 Å². The van der Waals surface area contributed by atoms with Gasteiger partial charge in [-0.3, -0.25) is 4.98 Å². The minimum absolute atomic E-state index is 0.485. The summed E-state index contributed by atoms with van der Waals surface area (Å²) in [6.45, 7) is 3.93. The van der Waals surface area contributed by atoms with Crippen LogP contribution in [-0.2, 0) is 11.2 Å². The van der Waals surface area contributed by atoms with Gasteiger partial charge >= 0.3 is 0 Å². The van der Waals surface area contributed by atoms with E-state index in [1.807, 2.05) is 12.3 Å². The zero-order valence-corrected chi connectivity index (χ0v) is 9.57. The molecule has 0 radical (unpaired) electrons. The summed E-state index contributed by atoms with van der Waals surface area (Å²) in [7, 11) is 1.74. The van der Waals surface area contributed by atoms with E-state index in [2.05, 4.69) is 23.3 Å². The van der Waals surface area contributed by atoms with Crippen LogP contribution < -0.4 is 5.32 Å². The molecule has 1 N–H and O–H groups in total. The number of rotatable bonds is 7. The Labute approximate surface area is 91.9 Å². The van der Waals surface area contributed by atoms with Crippen molar-refractivity contribution >= 4 is 0 Å². The van der Waals surface area contributed by atoms with Gasteiger partial charge in [0.15, 0.2) is 0 Å². The summed E-state index contributed by atoms with van der Waals surface area (Å²) in [5.74, 6) is 0. The molecule has 0 fully saturated rings. The molecule has 1 atom stereocenters. The van der Waals surface area contributed by atoms with Crippen molar-refractivity contribution in [1.29, 1.82) is 0 Å². The van der Waals surface area contributed by atoms with Gasteiger partial charge in [-0.2, -0.15) is 0 Å². The van der Waals surface area contributed by atoms with Crippen LogP contribution in [0.4, 0.5) is 0 Å². The molecule has 0 aliphatic rings. The number of nitrogens with zero attached hydrogens (tertiary/aromatic N) is 1. The van der Waals surface area contributed by atoms with Crippen molar-refractivity contribution in [2.24, 2.45) is 0 Å². The van der Waals surface area contributed by atoms with Gasteiger partial charge in [0.2, 0.25) is 0 Å². The smallest absolute Gasteiger partial charge is 0.0477 e. The summed E-state index contributed by atoms with van der Waals surface area (Å²) in [5, 5.41) is 3.46. The first-order valence-corrected chi connectivity index (χ1v) is 5.48. The molecule has 1 rings (SSSR count). The van der Waals surface area contributed by atoms with Crippen molar-refractivity contribution in [1.82, 2.24) is 10.3 Å². The van der Waals surface area contributed by atoms with Crippen molar-refractivity contribution in [3.8, 4) is 0 Å². The Morgan fingerprint density at radius 1 is 1.53 bits per heavy atom. The van der Waals surface area contributed by atoms with E-state index >= 15 is 0 Å². The van der Waals surface area contributed by atoms with Gasteiger partial charge in [-0.25, -0.2) is 0 Å². The number of aromatic nitrogens is 1. The van der Waals surface area contributed by atoms with Crippen LogP contribution in [0.2, 0.25) is 0 Å². The molecule has 1 unspecified atom stereocenters. The summed E-state index contributed by atoms with van der Waals surface area (Å²) in [4.78, 5) is 4.12. The predicted molar refractivity (Wildman–Crippen MR) is 61.9 cm³/mol. The molecular weight excluding hydrogens is 188 g/mol. The first kappa shape index (κ1) is 12.1. The van der Waals surface area contributed by atoms with Gasteiger partial charge in [0.1, 0.15) is 0 Å². The maximum Gasteiger partial charge on any atom is 0.0477 e. The van der Waals surface area contributed by atoms with Crippen LogP contribution in [0.3, 0.4) is 0 Å². The highest BCUT2D eigenvalue weighted by atomic mass is 16.5. The molecule has 0 saturated carbocycles. The third-order valence-electron chi connectivity index (χ3n) is 2.37. The van der Waals surface area contributed by atoms with Crippen molar-refractivity contribution in [2.45, 2.75) is 25.8 Å². The van der Waals surface area contributed by atoms with E-state index in [1.54, 1.807) is 13.3 Å². The predicted octanol–water partition coefficient (Wildman–Crippen LogP) is 1.64. The zero-order chi connectivity index (χ0) is 10.9. The number of ether oxygens (including phenoxy) is 1. The number of hydrogen-bond acceptors (Lipinski definition) is 3. The van der Waals surface area contributed by atoms with Crippen LogP contribution in [0.15, 0.2) is 24.5 Å². The zero-order valence-electron chi connectivity index (χ0n) is 9.57. The van der Waals surface area contributed by atoms with Gasteiger partial charge in [-0.1, -0.05) is 13.0 Å². The van der Waals surface area contributed by atoms with E-state index in [9.17, 15) is 0 Å². The fourth-order valence-electron chi connectivity index (χ4n) is 1.63. The maximum atomic E-state index is 5.10. The molecule has 1 heterocycles. The second-order valence-corrected chi connectivity index (χ2v) is 3.60. The highest BCUT2D eigenvalue weighted by Crippen LogP contribution is 2.04. The van der Waals surface area contributed by atoms with Crippen LogP contribution in [0.25, 0.3) is 0 Å². The van der Waals surface area contributed by atoms with Crippen molar-refractivity contribution in [3.63, 3.8) is 0 Å². The lowest BCUT2D eigenvalue weighted by atomic mass is 10.1. The Morgan fingerprint density at radius 3 is 3.00 bits per heavy atom. The molecule has 0 amide bonds. The second kappa shape index (κ2) is 7.37. The van der Waals surface area contributed by atoms with Gasteiger partial charge in [0, 0.05) is 32.2 Å². The Morgan fingerprint density at radius 2 is 2.40 bits per heavy atom. The van der Waals surface area contributed by atoms with Gasteiger partial charge < -0.3 is 10.1 Å². The molecular formula is C12H20N2O. The Bertz CT molecular complexity index is 251. The van der Waals surface area contributed by atoms with Crippen LogP contribution >= 0.6 is 0 Å². The number of methoxy groups -OCH3 is 1. The lowest BCUT2D eigenvalue weighted by molar-refractivity contribution is 0.183. The monoisotopic (exact) mass is 208 g/mol. The van der Waals surface area contributed by atoms with Crippen molar-refractivity contribution < 1.29 is 4.74 Å². The first-order chi connectivity index (χ1) is 7.36. The van der Waals surface area contributed by atoms with Crippen molar-refractivity contribution in [2.75, 3.05) is 20.3 Å². The molecule has 15 heavy (non-hydrogen) atoms. The van der Waals surface area contributed by atoms with E-state index < -0.39 is 0 Å². The third kappa shape index (κ3) is 4.91. The van der Waals surface area contributed by atoms with E-state index in [0.717, 1.165) is 26.0 Å². The fourth-order valence-corrected chi connectivity index (χ4v) is 1.63. The first-order valence-electron chi connectivity index (χ1n) is 5.48. The SMILES string of the molecule is CCNC(CCOC)Cc1cccnc1. The average Bonchev–Trinajstić information content (AvgIpc) is 2.28. The second-order valence-electron chi connectivity index (χ2n) is 3.60. The van der Waals surface area contributed by atoms with Crippen LogP contribution in [0.1, 0.15) is 18.9 Å². The molecule has 0 aliphatic heterocycles. The third-order valence-corrected chi connectivity index (χ3v) is 2.37. The fraction of sp³-hybridized carbons (Fsp3) is 0.583. The van der Waals surface area contributed by atoms with Crippen LogP contribution in [-0.4, -0.2) is 31.3 Å². The normalized spacial score (nSPS) is 12.7. The molecule has 0 spiro atoms. The largest absolute Gasteiger partial charge is 0.385 e. The standard InChI is InChI=1S/C12H20N2O/c1-3-14-12(6-8-15-2)9-11-5-4-7-13-10-11/h4-5,7,10,12,14H,3,6,8-9H2,1-2H3. The molecule has 1 aromatic heterocycles. The summed E-state index contributed by atoms with van der Waals surface area (Å²) in [6, 6.07) is 4.58. The van der Waals surface area contributed by atoms with E-state index in [-0.39, 0.29) is 0 Å². The van der Waals surface area contributed by atoms with E-state index in [1.165, 1.54) is 5.56 Å². The summed E-state index contributed by atoms with van der Waals surface area (Å²) in [5.41, 5.74) is 1.28. The van der Waals surface area contributed by atoms with Gasteiger partial charge in [-0.05, 0) is 31.0 Å². The van der Waals surface area contributed by atoms with Gasteiger partial charge in [0.25, 0.3) is 0 Å². The quantitative estimate of drug-likeness (QED) is 0.739. The molecule has 3 nitrogen and oxygen atoms in total. The molecule has 0 bridgehead atoms. The topological polar surface area (TPSA) is 34.1 Å². The Hall–Kier alpha value is -0.930. The average molecular weight is 208 g/mol. The molecule has 0 aromatic carbocycles. The molecule has 3 heteroatoms. The number of nitrogens with one attached hydrogen (secondary N) is 1.